The van der Waals surface area contributed by atoms with Crippen LogP contribution in [0, 0.1) is 5.41 Å². The van der Waals surface area contributed by atoms with Gasteiger partial charge in [-0.3, -0.25) is 14.3 Å². The van der Waals surface area contributed by atoms with Crippen LogP contribution in [0.4, 0.5) is 5.69 Å². The molecule has 7 nitrogen and oxygen atoms in total. The van der Waals surface area contributed by atoms with Crippen molar-refractivity contribution in [1.82, 2.24) is 5.32 Å². The highest BCUT2D eigenvalue weighted by molar-refractivity contribution is 7.94. The maximum atomic E-state index is 12.2. The van der Waals surface area contributed by atoms with Gasteiger partial charge in [-0.2, -0.15) is 0 Å². The number of aliphatic carboxylic acids is 1. The van der Waals surface area contributed by atoms with Crippen LogP contribution < -0.4 is 10.0 Å². The number of carboxylic acids is 1. The second kappa shape index (κ2) is 7.88. The van der Waals surface area contributed by atoms with E-state index in [1.165, 1.54) is 12.1 Å². The van der Waals surface area contributed by atoms with Crippen molar-refractivity contribution in [1.29, 1.82) is 0 Å². The highest BCUT2D eigenvalue weighted by Crippen LogP contribution is 2.21. The van der Waals surface area contributed by atoms with E-state index < -0.39 is 27.3 Å². The number of hydrogen-bond acceptors (Lipinski definition) is 5. The van der Waals surface area contributed by atoms with E-state index >= 15 is 0 Å². The van der Waals surface area contributed by atoms with Crippen molar-refractivity contribution in [2.24, 2.45) is 5.41 Å². The van der Waals surface area contributed by atoms with Crippen molar-refractivity contribution in [3.63, 3.8) is 0 Å². The Labute approximate surface area is 156 Å². The predicted molar refractivity (Wildman–Crippen MR) is 99.9 cm³/mol. The van der Waals surface area contributed by atoms with Crippen LogP contribution in [0.2, 0.25) is 0 Å². The summed E-state index contributed by atoms with van der Waals surface area (Å²) >= 11 is 1.10. The average molecular weight is 396 g/mol. The zero-order chi connectivity index (χ0) is 19.4. The normalized spacial score (nSPS) is 11.8. The van der Waals surface area contributed by atoms with Crippen molar-refractivity contribution in [2.75, 3.05) is 11.3 Å². The minimum absolute atomic E-state index is 0.184. The fraction of sp³-hybridized carbons (Fsp3) is 0.294. The first-order valence-electron chi connectivity index (χ1n) is 7.80. The van der Waals surface area contributed by atoms with Gasteiger partial charge >= 0.3 is 5.97 Å². The number of nitrogens with one attached hydrogen (secondary N) is 2. The lowest BCUT2D eigenvalue weighted by atomic mass is 9.90. The van der Waals surface area contributed by atoms with Crippen molar-refractivity contribution in [2.45, 2.75) is 24.5 Å². The quantitative estimate of drug-likeness (QED) is 0.635. The number of anilines is 1. The van der Waals surface area contributed by atoms with E-state index in [0.717, 1.165) is 11.3 Å². The molecule has 0 aliphatic rings. The van der Waals surface area contributed by atoms with Gasteiger partial charge in [0.2, 0.25) is 0 Å². The second-order valence-electron chi connectivity index (χ2n) is 6.31. The molecule has 0 aliphatic carbocycles. The number of rotatable bonds is 8. The molecule has 0 unspecified atom stereocenters. The lowest BCUT2D eigenvalue weighted by Gasteiger charge is -2.19. The third kappa shape index (κ3) is 5.06. The third-order valence-electron chi connectivity index (χ3n) is 3.75. The summed E-state index contributed by atoms with van der Waals surface area (Å²) in [6, 6.07) is 9.25. The van der Waals surface area contributed by atoms with Crippen LogP contribution in [-0.4, -0.2) is 31.9 Å². The lowest BCUT2D eigenvalue weighted by Crippen LogP contribution is -2.32. The van der Waals surface area contributed by atoms with Gasteiger partial charge in [-0.05, 0) is 49.9 Å². The number of benzene rings is 1. The van der Waals surface area contributed by atoms with Gasteiger partial charge in [-0.1, -0.05) is 12.1 Å². The molecule has 1 aromatic carbocycles. The molecular weight excluding hydrogens is 376 g/mol. The molecule has 0 fully saturated rings. The van der Waals surface area contributed by atoms with Crippen LogP contribution in [0.25, 0.3) is 0 Å². The summed E-state index contributed by atoms with van der Waals surface area (Å²) in [4.78, 5) is 23.3. The lowest BCUT2D eigenvalue weighted by molar-refractivity contribution is -0.147. The first kappa shape index (κ1) is 19.9. The molecule has 0 atom stereocenters. The zero-order valence-electron chi connectivity index (χ0n) is 14.4. The van der Waals surface area contributed by atoms with Gasteiger partial charge in [0.15, 0.2) is 0 Å². The molecule has 0 spiro atoms. The van der Waals surface area contributed by atoms with E-state index in [-0.39, 0.29) is 28.4 Å². The molecule has 0 saturated heterocycles. The first-order valence-corrected chi connectivity index (χ1v) is 10.2. The van der Waals surface area contributed by atoms with Gasteiger partial charge in [0.25, 0.3) is 15.9 Å². The Morgan fingerprint density at radius 2 is 1.92 bits per heavy atom. The molecule has 2 aromatic rings. The molecular formula is C17H20N2O5S2. The number of sulfonamides is 1. The Bertz CT molecular complexity index is 890. The predicted octanol–water partition coefficient (Wildman–Crippen LogP) is 2.78. The molecule has 2 rings (SSSR count). The van der Waals surface area contributed by atoms with Crippen LogP contribution >= 0.6 is 11.3 Å². The Morgan fingerprint density at radius 3 is 2.54 bits per heavy atom. The maximum Gasteiger partial charge on any atom is 0.309 e. The second-order valence-corrected chi connectivity index (χ2v) is 9.17. The van der Waals surface area contributed by atoms with Crippen molar-refractivity contribution < 1.29 is 23.1 Å². The average Bonchev–Trinajstić information content (AvgIpc) is 3.09. The minimum atomic E-state index is -3.69. The number of thiophene rings is 1. The monoisotopic (exact) mass is 396 g/mol. The number of carbonyl (C=O) groups excluding carboxylic acids is 1. The molecule has 1 amide bonds. The van der Waals surface area contributed by atoms with Crippen molar-refractivity contribution in [3.05, 3.63) is 47.3 Å². The Hall–Kier alpha value is -2.39. The summed E-state index contributed by atoms with van der Waals surface area (Å²) < 4.78 is 27.1. The van der Waals surface area contributed by atoms with Crippen LogP contribution in [0.1, 0.15) is 30.6 Å². The van der Waals surface area contributed by atoms with E-state index in [4.69, 9.17) is 5.11 Å². The smallest absolute Gasteiger partial charge is 0.309 e. The highest BCUT2D eigenvalue weighted by atomic mass is 32.2. The summed E-state index contributed by atoms with van der Waals surface area (Å²) in [7, 11) is -3.69. The number of carbonyl (C=O) groups is 2. The molecule has 26 heavy (non-hydrogen) atoms. The molecule has 1 heterocycles. The molecule has 9 heteroatoms. The fourth-order valence-electron chi connectivity index (χ4n) is 2.04. The molecule has 0 aliphatic heterocycles. The molecule has 0 bridgehead atoms. The topological polar surface area (TPSA) is 113 Å². The number of hydrogen-bond donors (Lipinski definition) is 3. The van der Waals surface area contributed by atoms with E-state index in [2.05, 4.69) is 10.0 Å². The SMILES string of the molecule is CC(C)(CCNC(=O)c1cccc(NS(=O)(=O)c2cccs2)c1)C(=O)O. The largest absolute Gasteiger partial charge is 0.481 e. The van der Waals surface area contributed by atoms with Crippen molar-refractivity contribution in [3.8, 4) is 0 Å². The number of carboxylic acid groups (broad SMARTS) is 1. The van der Waals surface area contributed by atoms with E-state index in [9.17, 15) is 18.0 Å². The van der Waals surface area contributed by atoms with E-state index in [1.54, 1.807) is 43.5 Å². The van der Waals surface area contributed by atoms with Crippen LogP contribution in [0.15, 0.2) is 46.0 Å². The minimum Gasteiger partial charge on any atom is -0.481 e. The molecule has 3 N–H and O–H groups in total. The Balaban J connectivity index is 2.02. The fourth-order valence-corrected chi connectivity index (χ4v) is 4.09. The van der Waals surface area contributed by atoms with Crippen LogP contribution in [-0.2, 0) is 14.8 Å². The zero-order valence-corrected chi connectivity index (χ0v) is 16.0. The van der Waals surface area contributed by atoms with Gasteiger partial charge < -0.3 is 10.4 Å². The van der Waals surface area contributed by atoms with Gasteiger partial charge in [0.1, 0.15) is 4.21 Å². The van der Waals surface area contributed by atoms with Gasteiger partial charge in [-0.25, -0.2) is 8.42 Å². The number of amides is 1. The first-order chi connectivity index (χ1) is 12.1. The maximum absolute atomic E-state index is 12.2. The summed E-state index contributed by atoms with van der Waals surface area (Å²) in [6.45, 7) is 3.37. The Morgan fingerprint density at radius 1 is 1.19 bits per heavy atom. The summed E-state index contributed by atoms with van der Waals surface area (Å²) in [5.41, 5.74) is -0.382. The molecule has 140 valence electrons. The third-order valence-corrected chi connectivity index (χ3v) is 6.53. The standard InChI is InChI=1S/C17H20N2O5S2/c1-17(2,16(21)22)8-9-18-15(20)12-5-3-6-13(11-12)19-26(23,24)14-7-4-10-25-14/h3-7,10-11,19H,8-9H2,1-2H3,(H,18,20)(H,21,22). The van der Waals surface area contributed by atoms with E-state index in [0.29, 0.717) is 0 Å². The summed E-state index contributed by atoms with van der Waals surface area (Å²) in [6.07, 6.45) is 0.277. The van der Waals surface area contributed by atoms with Crippen molar-refractivity contribution >= 4 is 38.9 Å². The molecule has 1 aromatic heterocycles. The van der Waals surface area contributed by atoms with Crippen LogP contribution in [0.5, 0.6) is 0 Å². The van der Waals surface area contributed by atoms with Gasteiger partial charge in [-0.15, -0.1) is 11.3 Å². The van der Waals surface area contributed by atoms with Crippen LogP contribution in [0.3, 0.4) is 0 Å². The summed E-state index contributed by atoms with van der Waals surface area (Å²) in [5, 5.41) is 13.4. The Kier molecular flexibility index (Phi) is 6.04. The molecule has 0 saturated carbocycles. The molecule has 0 radical (unpaired) electrons. The van der Waals surface area contributed by atoms with Gasteiger partial charge in [0.05, 0.1) is 5.41 Å². The highest BCUT2D eigenvalue weighted by Gasteiger charge is 2.26. The van der Waals surface area contributed by atoms with E-state index in [1.807, 2.05) is 0 Å². The summed E-state index contributed by atoms with van der Waals surface area (Å²) in [5.74, 6) is -1.33. The van der Waals surface area contributed by atoms with Gasteiger partial charge in [0, 0.05) is 17.8 Å².